The lowest BCUT2D eigenvalue weighted by Gasteiger charge is -2.10. The number of hydrogen-bond donors (Lipinski definition) is 1. The number of rotatable bonds is 4. The number of aromatic nitrogens is 1. The fraction of sp³-hybridized carbons (Fsp3) is 0.545. The Hall–Kier alpha value is -0.800. The van der Waals surface area contributed by atoms with Crippen molar-refractivity contribution in [1.82, 2.24) is 4.98 Å². The predicted molar refractivity (Wildman–Crippen MR) is 61.3 cm³/mol. The van der Waals surface area contributed by atoms with E-state index in [-0.39, 0.29) is 0 Å². The molecule has 1 unspecified atom stereocenters. The SMILES string of the molecule is Clc1cccc(NCCC2CCCO2)n1. The van der Waals surface area contributed by atoms with Gasteiger partial charge in [0, 0.05) is 13.2 Å². The Balaban J connectivity index is 1.73. The lowest BCUT2D eigenvalue weighted by molar-refractivity contribution is 0.107. The number of ether oxygens (including phenoxy) is 1. The molecule has 1 aromatic heterocycles. The molecule has 1 aliphatic rings. The molecule has 3 nitrogen and oxygen atoms in total. The molecule has 1 N–H and O–H groups in total. The molecule has 0 spiro atoms. The molecule has 1 saturated heterocycles. The van der Waals surface area contributed by atoms with E-state index in [4.69, 9.17) is 16.3 Å². The Morgan fingerprint density at radius 3 is 3.20 bits per heavy atom. The molecular weight excluding hydrogens is 212 g/mol. The summed E-state index contributed by atoms with van der Waals surface area (Å²) in [4.78, 5) is 4.15. The molecule has 0 aromatic carbocycles. The summed E-state index contributed by atoms with van der Waals surface area (Å²) in [5.41, 5.74) is 0. The third kappa shape index (κ3) is 3.36. The Labute approximate surface area is 94.8 Å². The summed E-state index contributed by atoms with van der Waals surface area (Å²) in [6.07, 6.45) is 3.84. The largest absolute Gasteiger partial charge is 0.378 e. The molecule has 0 aliphatic carbocycles. The minimum absolute atomic E-state index is 0.427. The molecular formula is C11H15ClN2O. The molecule has 1 fully saturated rings. The Bertz CT molecular complexity index is 313. The van der Waals surface area contributed by atoms with Gasteiger partial charge in [0.2, 0.25) is 0 Å². The molecule has 82 valence electrons. The zero-order valence-corrected chi connectivity index (χ0v) is 9.33. The molecule has 0 radical (unpaired) electrons. The van der Waals surface area contributed by atoms with Crippen molar-refractivity contribution in [2.45, 2.75) is 25.4 Å². The summed E-state index contributed by atoms with van der Waals surface area (Å²) in [5, 5.41) is 3.76. The zero-order valence-electron chi connectivity index (χ0n) is 8.58. The number of nitrogens with zero attached hydrogens (tertiary/aromatic N) is 1. The number of hydrogen-bond acceptors (Lipinski definition) is 3. The zero-order chi connectivity index (χ0) is 10.5. The van der Waals surface area contributed by atoms with Crippen LogP contribution in [-0.2, 0) is 4.74 Å². The van der Waals surface area contributed by atoms with Crippen LogP contribution in [0.15, 0.2) is 18.2 Å². The van der Waals surface area contributed by atoms with E-state index in [2.05, 4.69) is 10.3 Å². The molecule has 0 saturated carbocycles. The molecule has 2 rings (SSSR count). The Morgan fingerprint density at radius 1 is 1.53 bits per heavy atom. The van der Waals surface area contributed by atoms with Gasteiger partial charge < -0.3 is 10.1 Å². The fourth-order valence-corrected chi connectivity index (χ4v) is 1.90. The summed E-state index contributed by atoms with van der Waals surface area (Å²) in [7, 11) is 0. The van der Waals surface area contributed by atoms with Crippen molar-refractivity contribution in [2.75, 3.05) is 18.5 Å². The van der Waals surface area contributed by atoms with E-state index in [1.54, 1.807) is 6.07 Å². The summed E-state index contributed by atoms with van der Waals surface area (Å²) >= 11 is 5.78. The number of halogens is 1. The van der Waals surface area contributed by atoms with E-state index >= 15 is 0 Å². The third-order valence-corrected chi connectivity index (χ3v) is 2.72. The van der Waals surface area contributed by atoms with Crippen molar-refractivity contribution in [3.8, 4) is 0 Å². The normalized spacial score (nSPS) is 20.5. The van der Waals surface area contributed by atoms with Crippen LogP contribution in [0.4, 0.5) is 5.82 Å². The second-order valence-corrected chi connectivity index (χ2v) is 4.08. The summed E-state index contributed by atoms with van der Waals surface area (Å²) in [6.45, 7) is 1.80. The van der Waals surface area contributed by atoms with Crippen molar-refractivity contribution < 1.29 is 4.74 Å². The fourth-order valence-electron chi connectivity index (χ4n) is 1.74. The smallest absolute Gasteiger partial charge is 0.131 e. The van der Waals surface area contributed by atoms with Crippen molar-refractivity contribution >= 4 is 17.4 Å². The maximum atomic E-state index is 5.78. The average molecular weight is 227 g/mol. The van der Waals surface area contributed by atoms with Gasteiger partial charge in [-0.15, -0.1) is 0 Å². The molecule has 1 aliphatic heterocycles. The van der Waals surface area contributed by atoms with E-state index in [0.29, 0.717) is 11.3 Å². The van der Waals surface area contributed by atoms with Crippen LogP contribution in [-0.4, -0.2) is 24.2 Å². The summed E-state index contributed by atoms with van der Waals surface area (Å²) in [6, 6.07) is 5.58. The van der Waals surface area contributed by atoms with Crippen molar-refractivity contribution in [3.05, 3.63) is 23.4 Å². The van der Waals surface area contributed by atoms with Crippen LogP contribution in [0.5, 0.6) is 0 Å². The van der Waals surface area contributed by atoms with E-state index < -0.39 is 0 Å². The van der Waals surface area contributed by atoms with Crippen molar-refractivity contribution in [2.24, 2.45) is 0 Å². The topological polar surface area (TPSA) is 34.1 Å². The van der Waals surface area contributed by atoms with Crippen LogP contribution >= 0.6 is 11.6 Å². The second kappa shape index (κ2) is 5.33. The average Bonchev–Trinajstić information content (AvgIpc) is 2.71. The van der Waals surface area contributed by atoms with Gasteiger partial charge in [0.1, 0.15) is 11.0 Å². The first-order valence-electron chi connectivity index (χ1n) is 5.32. The van der Waals surface area contributed by atoms with Crippen LogP contribution in [0, 0.1) is 0 Å². The number of anilines is 1. The first kappa shape index (κ1) is 10.7. The van der Waals surface area contributed by atoms with Gasteiger partial charge in [-0.2, -0.15) is 0 Å². The van der Waals surface area contributed by atoms with Gasteiger partial charge in [-0.1, -0.05) is 17.7 Å². The van der Waals surface area contributed by atoms with Gasteiger partial charge in [0.25, 0.3) is 0 Å². The maximum Gasteiger partial charge on any atom is 0.131 e. The van der Waals surface area contributed by atoms with Crippen LogP contribution in [0.25, 0.3) is 0 Å². The first-order valence-corrected chi connectivity index (χ1v) is 5.70. The minimum Gasteiger partial charge on any atom is -0.378 e. The Kier molecular flexibility index (Phi) is 3.80. The van der Waals surface area contributed by atoms with Crippen LogP contribution in [0.2, 0.25) is 5.15 Å². The minimum atomic E-state index is 0.427. The molecule has 0 amide bonds. The van der Waals surface area contributed by atoms with Gasteiger partial charge in [-0.3, -0.25) is 0 Å². The third-order valence-electron chi connectivity index (χ3n) is 2.51. The summed E-state index contributed by atoms with van der Waals surface area (Å²) in [5.74, 6) is 0.834. The highest BCUT2D eigenvalue weighted by molar-refractivity contribution is 6.29. The van der Waals surface area contributed by atoms with Crippen LogP contribution in [0.3, 0.4) is 0 Å². The standard InChI is InChI=1S/C11H15ClN2O/c12-10-4-1-5-11(14-10)13-7-6-9-3-2-8-15-9/h1,4-5,9H,2-3,6-8H2,(H,13,14). The molecule has 1 atom stereocenters. The lowest BCUT2D eigenvalue weighted by atomic mass is 10.2. The maximum absolute atomic E-state index is 5.78. The monoisotopic (exact) mass is 226 g/mol. The van der Waals surface area contributed by atoms with Gasteiger partial charge in [-0.25, -0.2) is 4.98 Å². The van der Waals surface area contributed by atoms with E-state index in [0.717, 1.165) is 25.4 Å². The van der Waals surface area contributed by atoms with Crippen molar-refractivity contribution in [3.63, 3.8) is 0 Å². The molecule has 0 bridgehead atoms. The van der Waals surface area contributed by atoms with Gasteiger partial charge in [0.15, 0.2) is 0 Å². The number of nitrogens with one attached hydrogen (secondary N) is 1. The second-order valence-electron chi connectivity index (χ2n) is 3.70. The highest BCUT2D eigenvalue weighted by Gasteiger charge is 2.14. The first-order chi connectivity index (χ1) is 7.34. The molecule has 15 heavy (non-hydrogen) atoms. The van der Waals surface area contributed by atoms with Gasteiger partial charge in [-0.05, 0) is 31.4 Å². The van der Waals surface area contributed by atoms with Crippen LogP contribution < -0.4 is 5.32 Å². The Morgan fingerprint density at radius 2 is 2.47 bits per heavy atom. The van der Waals surface area contributed by atoms with Crippen molar-refractivity contribution in [1.29, 1.82) is 0 Å². The van der Waals surface area contributed by atoms with E-state index in [1.165, 1.54) is 12.8 Å². The lowest BCUT2D eigenvalue weighted by Crippen LogP contribution is -2.12. The van der Waals surface area contributed by atoms with Gasteiger partial charge >= 0.3 is 0 Å². The highest BCUT2D eigenvalue weighted by Crippen LogP contribution is 2.15. The number of pyridine rings is 1. The quantitative estimate of drug-likeness (QED) is 0.802. The summed E-state index contributed by atoms with van der Waals surface area (Å²) < 4.78 is 5.53. The van der Waals surface area contributed by atoms with E-state index in [1.807, 2.05) is 12.1 Å². The van der Waals surface area contributed by atoms with Crippen LogP contribution in [0.1, 0.15) is 19.3 Å². The molecule has 2 heterocycles. The highest BCUT2D eigenvalue weighted by atomic mass is 35.5. The molecule has 4 heteroatoms. The predicted octanol–water partition coefficient (Wildman–Crippen LogP) is 2.72. The van der Waals surface area contributed by atoms with E-state index in [9.17, 15) is 0 Å². The van der Waals surface area contributed by atoms with Gasteiger partial charge in [0.05, 0.1) is 6.10 Å². The molecule has 1 aromatic rings.